The van der Waals surface area contributed by atoms with Crippen LogP contribution in [-0.2, 0) is 9.84 Å². The van der Waals surface area contributed by atoms with Gasteiger partial charge in [-0.1, -0.05) is 6.92 Å². The summed E-state index contributed by atoms with van der Waals surface area (Å²) in [5, 5.41) is 0. The van der Waals surface area contributed by atoms with Crippen molar-refractivity contribution in [3.05, 3.63) is 52.8 Å². The summed E-state index contributed by atoms with van der Waals surface area (Å²) < 4.78 is 31.2. The van der Waals surface area contributed by atoms with E-state index in [0.29, 0.717) is 29.7 Å². The average Bonchev–Trinajstić information content (AvgIpc) is 3.17. The molecule has 2 aromatic rings. The molecular formula is C21H25NO5S. The van der Waals surface area contributed by atoms with Crippen molar-refractivity contribution in [1.29, 1.82) is 0 Å². The highest BCUT2D eigenvalue weighted by Gasteiger charge is 2.31. The number of ketones is 2. The highest BCUT2D eigenvalue weighted by molar-refractivity contribution is 7.91. The number of aryl methyl sites for hydroxylation is 1. The third kappa shape index (κ3) is 4.19. The Morgan fingerprint density at radius 1 is 1.14 bits per heavy atom. The molecule has 0 spiro atoms. The maximum Gasteiger partial charge on any atom is 0.202 e. The van der Waals surface area contributed by atoms with Crippen molar-refractivity contribution in [3.8, 4) is 5.75 Å². The largest absolute Gasteiger partial charge is 0.485 e. The van der Waals surface area contributed by atoms with E-state index in [-0.39, 0.29) is 35.7 Å². The molecule has 1 saturated heterocycles. The molecule has 0 amide bonds. The molecule has 1 fully saturated rings. The van der Waals surface area contributed by atoms with Crippen LogP contribution in [0.4, 0.5) is 0 Å². The van der Waals surface area contributed by atoms with Crippen molar-refractivity contribution >= 4 is 21.4 Å². The third-order valence-corrected chi connectivity index (χ3v) is 6.98. The van der Waals surface area contributed by atoms with Gasteiger partial charge in [0, 0.05) is 35.0 Å². The van der Waals surface area contributed by atoms with Gasteiger partial charge in [0.25, 0.3) is 0 Å². The number of Topliss-reactive ketones (excluding diaryl/α,β-unsaturated/α-hetero) is 2. The Bertz CT molecular complexity index is 1000. The summed E-state index contributed by atoms with van der Waals surface area (Å²) in [6.45, 7) is 5.42. The number of rotatable bonds is 7. The van der Waals surface area contributed by atoms with E-state index in [1.807, 2.05) is 25.3 Å². The molecule has 28 heavy (non-hydrogen) atoms. The van der Waals surface area contributed by atoms with Gasteiger partial charge in [0.15, 0.2) is 22.2 Å². The van der Waals surface area contributed by atoms with Gasteiger partial charge in [0.2, 0.25) is 5.78 Å². The SMILES string of the molecule is CCC(=O)c1ccc(OCC(=O)c2cc(C)n([C@@H]3CCS(=O)(=O)C3)c2C)cc1. The Kier molecular flexibility index (Phi) is 5.74. The van der Waals surface area contributed by atoms with Crippen molar-refractivity contribution in [2.75, 3.05) is 18.1 Å². The molecule has 6 nitrogen and oxygen atoms in total. The van der Waals surface area contributed by atoms with Gasteiger partial charge in [0.05, 0.1) is 11.5 Å². The van der Waals surface area contributed by atoms with Crippen molar-refractivity contribution in [1.82, 2.24) is 4.57 Å². The molecule has 0 N–H and O–H groups in total. The molecule has 1 aliphatic rings. The zero-order valence-corrected chi connectivity index (χ0v) is 17.2. The van der Waals surface area contributed by atoms with E-state index in [9.17, 15) is 18.0 Å². The van der Waals surface area contributed by atoms with Crippen LogP contribution in [0, 0.1) is 13.8 Å². The van der Waals surface area contributed by atoms with Gasteiger partial charge in [0.1, 0.15) is 5.75 Å². The standard InChI is InChI=1S/C21H25NO5S/c1-4-20(23)16-5-7-18(8-6-16)27-12-21(24)19-11-14(2)22(15(19)3)17-9-10-28(25,26)13-17/h5-8,11,17H,4,9-10,12-13H2,1-3H3/t17-/m1/s1. The van der Waals surface area contributed by atoms with Gasteiger partial charge < -0.3 is 9.30 Å². The molecule has 0 radical (unpaired) electrons. The predicted molar refractivity (Wildman–Crippen MR) is 107 cm³/mol. The molecule has 0 aliphatic carbocycles. The minimum Gasteiger partial charge on any atom is -0.485 e. The minimum atomic E-state index is -3.00. The summed E-state index contributed by atoms with van der Waals surface area (Å²) in [6.07, 6.45) is 1.02. The van der Waals surface area contributed by atoms with Crippen LogP contribution in [0.2, 0.25) is 0 Å². The fraction of sp³-hybridized carbons (Fsp3) is 0.429. The number of aromatic nitrogens is 1. The molecule has 0 saturated carbocycles. The maximum atomic E-state index is 12.7. The third-order valence-electron chi connectivity index (χ3n) is 5.23. The van der Waals surface area contributed by atoms with E-state index in [4.69, 9.17) is 4.74 Å². The van der Waals surface area contributed by atoms with Crippen molar-refractivity contribution in [2.45, 2.75) is 39.7 Å². The quantitative estimate of drug-likeness (QED) is 0.663. The molecular weight excluding hydrogens is 378 g/mol. The van der Waals surface area contributed by atoms with Gasteiger partial charge in [-0.15, -0.1) is 0 Å². The molecule has 1 aliphatic heterocycles. The zero-order chi connectivity index (χ0) is 20.5. The Morgan fingerprint density at radius 2 is 1.82 bits per heavy atom. The first-order chi connectivity index (χ1) is 13.2. The van der Waals surface area contributed by atoms with Crippen molar-refractivity contribution in [2.24, 2.45) is 0 Å². The Balaban J connectivity index is 1.70. The van der Waals surface area contributed by atoms with Gasteiger partial charge >= 0.3 is 0 Å². The van der Waals surface area contributed by atoms with Crippen LogP contribution in [0.1, 0.15) is 57.9 Å². The van der Waals surface area contributed by atoms with Crippen LogP contribution < -0.4 is 4.74 Å². The molecule has 2 heterocycles. The van der Waals surface area contributed by atoms with Gasteiger partial charge in [-0.05, 0) is 50.6 Å². The van der Waals surface area contributed by atoms with Gasteiger partial charge in [-0.25, -0.2) is 8.42 Å². The fourth-order valence-corrected chi connectivity index (χ4v) is 5.47. The second-order valence-electron chi connectivity index (χ2n) is 7.22. The summed E-state index contributed by atoms with van der Waals surface area (Å²) in [7, 11) is -3.00. The molecule has 150 valence electrons. The van der Waals surface area contributed by atoms with Gasteiger partial charge in [-0.3, -0.25) is 9.59 Å². The minimum absolute atomic E-state index is 0.0593. The number of nitrogens with zero attached hydrogens (tertiary/aromatic N) is 1. The van der Waals surface area contributed by atoms with Crippen LogP contribution in [0.25, 0.3) is 0 Å². The zero-order valence-electron chi connectivity index (χ0n) is 16.4. The van der Waals surface area contributed by atoms with Crippen LogP contribution in [-0.4, -0.2) is 42.7 Å². The van der Waals surface area contributed by atoms with E-state index in [1.165, 1.54) is 0 Å². The number of benzene rings is 1. The van der Waals surface area contributed by atoms with Crippen LogP contribution in [0.15, 0.2) is 30.3 Å². The van der Waals surface area contributed by atoms with E-state index in [0.717, 1.165) is 11.4 Å². The molecule has 0 bridgehead atoms. The summed E-state index contributed by atoms with van der Waals surface area (Å²) in [4.78, 5) is 24.3. The lowest BCUT2D eigenvalue weighted by atomic mass is 10.1. The van der Waals surface area contributed by atoms with Crippen LogP contribution >= 0.6 is 0 Å². The van der Waals surface area contributed by atoms with Crippen LogP contribution in [0.3, 0.4) is 0 Å². The summed E-state index contributed by atoms with van der Waals surface area (Å²) in [5.74, 6) is 0.739. The summed E-state index contributed by atoms with van der Waals surface area (Å²) >= 11 is 0. The topological polar surface area (TPSA) is 82.4 Å². The number of hydrogen-bond donors (Lipinski definition) is 0. The number of ether oxygens (including phenoxy) is 1. The second-order valence-corrected chi connectivity index (χ2v) is 9.45. The first-order valence-corrected chi connectivity index (χ1v) is 11.2. The Morgan fingerprint density at radius 3 is 2.39 bits per heavy atom. The first-order valence-electron chi connectivity index (χ1n) is 9.40. The number of carbonyl (C=O) groups excluding carboxylic acids is 2. The first kappa shape index (κ1) is 20.3. The molecule has 7 heteroatoms. The van der Waals surface area contributed by atoms with E-state index < -0.39 is 9.84 Å². The molecule has 1 aromatic carbocycles. The van der Waals surface area contributed by atoms with E-state index in [1.54, 1.807) is 30.3 Å². The van der Waals surface area contributed by atoms with Crippen LogP contribution in [0.5, 0.6) is 5.75 Å². The summed E-state index contributed by atoms with van der Waals surface area (Å²) in [5.41, 5.74) is 2.83. The Labute approximate surface area is 165 Å². The van der Waals surface area contributed by atoms with E-state index in [2.05, 4.69) is 0 Å². The lowest BCUT2D eigenvalue weighted by Gasteiger charge is -2.16. The average molecular weight is 404 g/mol. The number of hydrogen-bond acceptors (Lipinski definition) is 5. The maximum absolute atomic E-state index is 12.7. The lowest BCUT2D eigenvalue weighted by molar-refractivity contribution is 0.0919. The second kappa shape index (κ2) is 7.91. The fourth-order valence-electron chi connectivity index (χ4n) is 3.77. The smallest absolute Gasteiger partial charge is 0.202 e. The van der Waals surface area contributed by atoms with Crippen molar-refractivity contribution in [3.63, 3.8) is 0 Å². The normalized spacial score (nSPS) is 18.2. The monoisotopic (exact) mass is 403 g/mol. The molecule has 3 rings (SSSR count). The molecule has 1 aromatic heterocycles. The molecule has 1 atom stereocenters. The highest BCUT2D eigenvalue weighted by atomic mass is 32.2. The number of sulfone groups is 1. The predicted octanol–water partition coefficient (Wildman–Crippen LogP) is 3.32. The summed E-state index contributed by atoms with van der Waals surface area (Å²) in [6, 6.07) is 8.44. The lowest BCUT2D eigenvalue weighted by Crippen LogP contribution is -2.16. The number of carbonyl (C=O) groups is 2. The molecule has 0 unspecified atom stereocenters. The van der Waals surface area contributed by atoms with Gasteiger partial charge in [-0.2, -0.15) is 0 Å². The Hall–Kier alpha value is -2.41. The van der Waals surface area contributed by atoms with E-state index >= 15 is 0 Å². The van der Waals surface area contributed by atoms with Crippen molar-refractivity contribution < 1.29 is 22.7 Å². The highest BCUT2D eigenvalue weighted by Crippen LogP contribution is 2.29.